The van der Waals surface area contributed by atoms with Gasteiger partial charge in [-0.25, -0.2) is 0 Å². The third-order valence-electron chi connectivity index (χ3n) is 2.93. The summed E-state index contributed by atoms with van der Waals surface area (Å²) in [7, 11) is 0. The molecule has 0 aliphatic carbocycles. The summed E-state index contributed by atoms with van der Waals surface area (Å²) in [6.07, 6.45) is 0. The van der Waals surface area contributed by atoms with Gasteiger partial charge in [-0.2, -0.15) is 5.10 Å². The van der Waals surface area contributed by atoms with Crippen molar-refractivity contribution in [3.05, 3.63) is 56.9 Å². The Morgan fingerprint density at radius 1 is 1.45 bits per heavy atom. The number of carbonyl (C=O) groups is 1. The number of H-pyrrole nitrogens is 1. The van der Waals surface area contributed by atoms with Gasteiger partial charge in [-0.3, -0.25) is 20.0 Å². The molecule has 2 aromatic rings. The zero-order valence-electron chi connectivity index (χ0n) is 11.1. The minimum Gasteiger partial charge on any atom is -0.348 e. The number of nitrogens with one attached hydrogen (secondary N) is 2. The van der Waals surface area contributed by atoms with Gasteiger partial charge in [0, 0.05) is 24.4 Å². The Hall–Kier alpha value is -2.70. The zero-order chi connectivity index (χ0) is 14.7. The van der Waals surface area contributed by atoms with E-state index in [1.807, 2.05) is 0 Å². The molecule has 0 aliphatic rings. The van der Waals surface area contributed by atoms with Crippen LogP contribution in [-0.4, -0.2) is 21.0 Å². The maximum absolute atomic E-state index is 12.0. The van der Waals surface area contributed by atoms with Crippen LogP contribution in [0.2, 0.25) is 0 Å². The fraction of sp³-hybridized carbons (Fsp3) is 0.231. The smallest absolute Gasteiger partial charge is 0.269 e. The number of aromatic amines is 1. The highest BCUT2D eigenvalue weighted by Gasteiger charge is 2.15. The Balaban J connectivity index is 2.07. The number of hydrogen-bond acceptors (Lipinski definition) is 4. The molecular weight excluding hydrogens is 260 g/mol. The van der Waals surface area contributed by atoms with E-state index in [0.29, 0.717) is 22.5 Å². The maximum atomic E-state index is 12.0. The van der Waals surface area contributed by atoms with Gasteiger partial charge in [-0.15, -0.1) is 0 Å². The van der Waals surface area contributed by atoms with E-state index in [-0.39, 0.29) is 18.1 Å². The maximum Gasteiger partial charge on any atom is 0.269 e. The molecule has 1 aromatic carbocycles. The van der Waals surface area contributed by atoms with E-state index in [9.17, 15) is 14.9 Å². The van der Waals surface area contributed by atoms with Gasteiger partial charge >= 0.3 is 0 Å². The molecule has 0 atom stereocenters. The third kappa shape index (κ3) is 2.82. The fourth-order valence-electron chi connectivity index (χ4n) is 1.94. The number of aryl methyl sites for hydroxylation is 2. The largest absolute Gasteiger partial charge is 0.348 e. The molecule has 1 heterocycles. The van der Waals surface area contributed by atoms with E-state index in [0.717, 1.165) is 0 Å². The second kappa shape index (κ2) is 5.52. The molecule has 1 amide bonds. The van der Waals surface area contributed by atoms with Crippen LogP contribution in [0.4, 0.5) is 5.69 Å². The van der Waals surface area contributed by atoms with Crippen molar-refractivity contribution in [3.63, 3.8) is 0 Å². The van der Waals surface area contributed by atoms with E-state index in [4.69, 9.17) is 0 Å². The Bertz CT molecular complexity index is 644. The van der Waals surface area contributed by atoms with E-state index < -0.39 is 4.92 Å². The first kappa shape index (κ1) is 13.7. The molecule has 0 fully saturated rings. The van der Waals surface area contributed by atoms with Crippen molar-refractivity contribution < 1.29 is 9.72 Å². The molecule has 0 radical (unpaired) electrons. The van der Waals surface area contributed by atoms with E-state index in [2.05, 4.69) is 15.5 Å². The number of nitro benzene ring substituents is 1. The highest BCUT2D eigenvalue weighted by atomic mass is 16.6. The lowest BCUT2D eigenvalue weighted by molar-refractivity contribution is -0.384. The summed E-state index contributed by atoms with van der Waals surface area (Å²) in [5.74, 6) is -0.250. The molecule has 2 N–H and O–H groups in total. The molecule has 0 bridgehead atoms. The predicted molar refractivity (Wildman–Crippen MR) is 72.3 cm³/mol. The number of rotatable bonds is 4. The molecule has 0 saturated carbocycles. The average molecular weight is 274 g/mol. The highest BCUT2D eigenvalue weighted by Crippen LogP contribution is 2.13. The predicted octanol–water partition coefficient (Wildman–Crippen LogP) is 1.86. The van der Waals surface area contributed by atoms with E-state index in [1.54, 1.807) is 26.0 Å². The van der Waals surface area contributed by atoms with Crippen molar-refractivity contribution in [2.45, 2.75) is 20.4 Å². The molecule has 2 rings (SSSR count). The lowest BCUT2D eigenvalue weighted by Crippen LogP contribution is -2.23. The molecule has 0 aliphatic heterocycles. The van der Waals surface area contributed by atoms with Gasteiger partial charge < -0.3 is 5.32 Å². The first-order valence-corrected chi connectivity index (χ1v) is 6.02. The van der Waals surface area contributed by atoms with Gasteiger partial charge in [0.1, 0.15) is 0 Å². The Morgan fingerprint density at radius 3 is 2.80 bits per heavy atom. The second-order valence-corrected chi connectivity index (χ2v) is 4.42. The summed E-state index contributed by atoms with van der Waals surface area (Å²) in [6.45, 7) is 3.73. The zero-order valence-corrected chi connectivity index (χ0v) is 11.1. The van der Waals surface area contributed by atoms with Gasteiger partial charge in [-0.1, -0.05) is 12.1 Å². The van der Waals surface area contributed by atoms with Crippen molar-refractivity contribution in [1.82, 2.24) is 15.5 Å². The number of hydrogen-bond donors (Lipinski definition) is 2. The Morgan fingerprint density at radius 2 is 2.20 bits per heavy atom. The second-order valence-electron chi connectivity index (χ2n) is 4.42. The topological polar surface area (TPSA) is 101 Å². The van der Waals surface area contributed by atoms with Crippen LogP contribution >= 0.6 is 0 Å². The highest BCUT2D eigenvalue weighted by molar-refractivity contribution is 5.96. The van der Waals surface area contributed by atoms with Gasteiger partial charge in [0.05, 0.1) is 16.2 Å². The summed E-state index contributed by atoms with van der Waals surface area (Å²) in [5.41, 5.74) is 2.51. The summed E-state index contributed by atoms with van der Waals surface area (Å²) in [4.78, 5) is 22.2. The van der Waals surface area contributed by atoms with Crippen LogP contribution in [-0.2, 0) is 6.54 Å². The van der Waals surface area contributed by atoms with Crippen molar-refractivity contribution in [2.75, 3.05) is 0 Å². The SMILES string of the molecule is Cc1n[nH]c(C)c1C(=O)NCc1cccc([N+](=O)[O-])c1. The summed E-state index contributed by atoms with van der Waals surface area (Å²) in [5, 5.41) is 20.1. The van der Waals surface area contributed by atoms with Crippen LogP contribution in [0.3, 0.4) is 0 Å². The fourth-order valence-corrected chi connectivity index (χ4v) is 1.94. The average Bonchev–Trinajstić information content (AvgIpc) is 2.76. The van der Waals surface area contributed by atoms with Crippen LogP contribution < -0.4 is 5.32 Å². The monoisotopic (exact) mass is 274 g/mol. The first-order chi connectivity index (χ1) is 9.49. The quantitative estimate of drug-likeness (QED) is 0.656. The van der Waals surface area contributed by atoms with Crippen molar-refractivity contribution >= 4 is 11.6 Å². The molecule has 7 nitrogen and oxygen atoms in total. The molecule has 7 heteroatoms. The van der Waals surface area contributed by atoms with Crippen molar-refractivity contribution in [1.29, 1.82) is 0 Å². The van der Waals surface area contributed by atoms with Crippen LogP contribution in [0.1, 0.15) is 27.3 Å². The molecule has 1 aromatic heterocycles. The minimum absolute atomic E-state index is 0.00687. The lowest BCUT2D eigenvalue weighted by atomic mass is 10.1. The number of non-ortho nitro benzene ring substituents is 1. The number of nitro groups is 1. The van der Waals surface area contributed by atoms with Gasteiger partial charge in [0.2, 0.25) is 0 Å². The number of aromatic nitrogens is 2. The summed E-state index contributed by atoms with van der Waals surface area (Å²) >= 11 is 0. The molecule has 20 heavy (non-hydrogen) atoms. The van der Waals surface area contributed by atoms with Crippen molar-refractivity contribution in [2.24, 2.45) is 0 Å². The summed E-state index contributed by atoms with van der Waals surface area (Å²) in [6, 6.07) is 6.17. The van der Waals surface area contributed by atoms with Crippen molar-refractivity contribution in [3.8, 4) is 0 Å². The van der Waals surface area contributed by atoms with E-state index >= 15 is 0 Å². The molecular formula is C13H14N4O3. The molecule has 104 valence electrons. The van der Waals surface area contributed by atoms with Crippen LogP contribution in [0.25, 0.3) is 0 Å². The standard InChI is InChI=1S/C13H14N4O3/c1-8-12(9(2)16-15-8)13(18)14-7-10-4-3-5-11(6-10)17(19)20/h3-6H,7H2,1-2H3,(H,14,18)(H,15,16). The van der Waals surface area contributed by atoms with Gasteiger partial charge in [0.15, 0.2) is 0 Å². The van der Waals surface area contributed by atoms with Crippen LogP contribution in [0.15, 0.2) is 24.3 Å². The number of benzene rings is 1. The minimum atomic E-state index is -0.463. The Kier molecular flexibility index (Phi) is 3.79. The molecule has 0 saturated heterocycles. The van der Waals surface area contributed by atoms with E-state index in [1.165, 1.54) is 12.1 Å². The van der Waals surface area contributed by atoms with Gasteiger partial charge in [0.25, 0.3) is 11.6 Å². The number of amides is 1. The molecule has 0 unspecified atom stereocenters. The number of nitrogens with zero attached hydrogens (tertiary/aromatic N) is 2. The lowest BCUT2D eigenvalue weighted by Gasteiger charge is -2.05. The van der Waals surface area contributed by atoms with Gasteiger partial charge in [-0.05, 0) is 19.4 Å². The molecule has 0 spiro atoms. The van der Waals surface area contributed by atoms with Crippen LogP contribution in [0.5, 0.6) is 0 Å². The number of carbonyl (C=O) groups excluding carboxylic acids is 1. The Labute approximate surface area is 115 Å². The summed E-state index contributed by atoms with van der Waals surface area (Å²) < 4.78 is 0. The third-order valence-corrected chi connectivity index (χ3v) is 2.93. The first-order valence-electron chi connectivity index (χ1n) is 6.02. The normalized spacial score (nSPS) is 10.3. The van der Waals surface area contributed by atoms with Crippen LogP contribution in [0, 0.1) is 24.0 Å².